The summed E-state index contributed by atoms with van der Waals surface area (Å²) in [5, 5.41) is 2.59. The molecule has 0 aliphatic carbocycles. The Hall–Kier alpha value is -3.26. The Morgan fingerprint density at radius 3 is 2.52 bits per heavy atom. The van der Waals surface area contributed by atoms with Crippen LogP contribution in [0, 0.1) is 0 Å². The predicted octanol–water partition coefficient (Wildman–Crippen LogP) is 1.57. The van der Waals surface area contributed by atoms with E-state index in [9.17, 15) is 9.59 Å². The van der Waals surface area contributed by atoms with Gasteiger partial charge in [-0.3, -0.25) is 19.5 Å². The van der Waals surface area contributed by atoms with Crippen molar-refractivity contribution in [3.05, 3.63) is 63.8 Å². The number of carbonyl (C=O) groups is 1. The quantitative estimate of drug-likeness (QED) is 0.675. The van der Waals surface area contributed by atoms with Crippen molar-refractivity contribution in [3.8, 4) is 0 Å². The van der Waals surface area contributed by atoms with E-state index in [-0.39, 0.29) is 11.5 Å². The Balaban J connectivity index is 1.42. The highest BCUT2D eigenvalue weighted by Crippen LogP contribution is 2.18. The number of nitrogens with zero attached hydrogens (tertiary/aromatic N) is 5. The number of fused-ring (bicyclic) bond motifs is 1. The van der Waals surface area contributed by atoms with E-state index < -0.39 is 0 Å². The molecule has 1 N–H and O–H groups in total. The van der Waals surface area contributed by atoms with E-state index in [2.05, 4.69) is 31.2 Å². The normalized spacial score (nSPS) is 14.7. The van der Waals surface area contributed by atoms with Crippen LogP contribution in [0.2, 0.25) is 0 Å². The molecule has 0 unspecified atom stereocenters. The fourth-order valence-corrected chi connectivity index (χ4v) is 4.03. The van der Waals surface area contributed by atoms with Crippen LogP contribution in [0.5, 0.6) is 0 Å². The summed E-state index contributed by atoms with van der Waals surface area (Å²) in [6.45, 7) is 6.41. The summed E-state index contributed by atoms with van der Waals surface area (Å²) < 4.78 is 1.71. The summed E-state index contributed by atoms with van der Waals surface area (Å²) in [7, 11) is 3.42. The average Bonchev–Trinajstić information content (AvgIpc) is 2.81. The van der Waals surface area contributed by atoms with E-state index >= 15 is 0 Å². The van der Waals surface area contributed by atoms with E-state index in [0.29, 0.717) is 12.1 Å². The second-order valence-electron chi connectivity index (χ2n) is 7.88. The number of pyridine rings is 3. The first-order chi connectivity index (χ1) is 15.0. The largest absolute Gasteiger partial charge is 0.368 e. The van der Waals surface area contributed by atoms with Gasteiger partial charge in [-0.15, -0.1) is 0 Å². The maximum atomic E-state index is 12.5. The fourth-order valence-electron chi connectivity index (χ4n) is 4.03. The second-order valence-corrected chi connectivity index (χ2v) is 7.88. The Bertz CT molecular complexity index is 1150. The van der Waals surface area contributed by atoms with Gasteiger partial charge in [0, 0.05) is 58.6 Å². The fraction of sp³-hybridized carbons (Fsp3) is 0.391. The van der Waals surface area contributed by atoms with Crippen LogP contribution in [-0.2, 0) is 20.0 Å². The van der Waals surface area contributed by atoms with E-state index in [1.54, 1.807) is 23.9 Å². The predicted molar refractivity (Wildman–Crippen MR) is 121 cm³/mol. The summed E-state index contributed by atoms with van der Waals surface area (Å²) in [6.07, 6.45) is 4.39. The van der Waals surface area contributed by atoms with Gasteiger partial charge in [-0.2, -0.15) is 0 Å². The molecule has 0 aromatic carbocycles. The third-order valence-corrected chi connectivity index (χ3v) is 5.94. The molecule has 1 saturated heterocycles. The van der Waals surface area contributed by atoms with Crippen molar-refractivity contribution in [2.45, 2.75) is 19.9 Å². The lowest BCUT2D eigenvalue weighted by Gasteiger charge is -2.36. The molecule has 31 heavy (non-hydrogen) atoms. The first-order valence-corrected chi connectivity index (χ1v) is 10.6. The zero-order valence-electron chi connectivity index (χ0n) is 18.3. The SMILES string of the molecule is CCc1cc2ncc(CN3CCN(c4ccc(C(=O)NC)nc4)CC3)cc2n(C)c1=O. The van der Waals surface area contributed by atoms with E-state index in [1.165, 1.54) is 0 Å². The van der Waals surface area contributed by atoms with Gasteiger partial charge >= 0.3 is 0 Å². The van der Waals surface area contributed by atoms with Gasteiger partial charge in [-0.05, 0) is 36.2 Å². The number of anilines is 1. The van der Waals surface area contributed by atoms with Crippen molar-refractivity contribution >= 4 is 22.6 Å². The molecular weight excluding hydrogens is 392 g/mol. The molecule has 3 aromatic rings. The molecule has 0 bridgehead atoms. The number of aromatic nitrogens is 3. The zero-order valence-corrected chi connectivity index (χ0v) is 18.3. The van der Waals surface area contributed by atoms with Crippen molar-refractivity contribution in [3.63, 3.8) is 0 Å². The first-order valence-electron chi connectivity index (χ1n) is 10.6. The Morgan fingerprint density at radius 1 is 1.10 bits per heavy atom. The smallest absolute Gasteiger partial charge is 0.269 e. The van der Waals surface area contributed by atoms with Gasteiger partial charge in [-0.1, -0.05) is 6.92 Å². The summed E-state index contributed by atoms with van der Waals surface area (Å²) >= 11 is 0. The van der Waals surface area contributed by atoms with Crippen LogP contribution >= 0.6 is 0 Å². The van der Waals surface area contributed by atoms with Crippen molar-refractivity contribution in [2.24, 2.45) is 7.05 Å². The molecular formula is C23H28N6O2. The van der Waals surface area contributed by atoms with Gasteiger partial charge in [0.2, 0.25) is 0 Å². The molecule has 8 heteroatoms. The first kappa shape index (κ1) is 21.0. The molecule has 1 amide bonds. The highest BCUT2D eigenvalue weighted by Gasteiger charge is 2.18. The van der Waals surface area contributed by atoms with Crippen LogP contribution in [0.3, 0.4) is 0 Å². The second kappa shape index (κ2) is 8.85. The molecule has 0 radical (unpaired) electrons. The number of piperazine rings is 1. The van der Waals surface area contributed by atoms with Gasteiger partial charge in [0.05, 0.1) is 22.9 Å². The van der Waals surface area contributed by atoms with Crippen LogP contribution in [0.25, 0.3) is 11.0 Å². The minimum absolute atomic E-state index is 0.0543. The molecule has 4 rings (SSSR count). The van der Waals surface area contributed by atoms with Crippen LogP contribution in [0.4, 0.5) is 5.69 Å². The molecule has 0 atom stereocenters. The third kappa shape index (κ3) is 4.29. The van der Waals surface area contributed by atoms with E-state index in [4.69, 9.17) is 0 Å². The minimum Gasteiger partial charge on any atom is -0.368 e. The molecule has 1 fully saturated rings. The van der Waals surface area contributed by atoms with Gasteiger partial charge in [0.1, 0.15) is 5.69 Å². The van der Waals surface area contributed by atoms with Crippen molar-refractivity contribution in [1.82, 2.24) is 24.8 Å². The topological polar surface area (TPSA) is 83.4 Å². The van der Waals surface area contributed by atoms with E-state index in [1.807, 2.05) is 32.3 Å². The maximum Gasteiger partial charge on any atom is 0.269 e. The number of amides is 1. The third-order valence-electron chi connectivity index (χ3n) is 5.94. The monoisotopic (exact) mass is 420 g/mol. The van der Waals surface area contributed by atoms with E-state index in [0.717, 1.165) is 60.6 Å². The summed E-state index contributed by atoms with van der Waals surface area (Å²) in [4.78, 5) is 37.7. The van der Waals surface area contributed by atoms with Gasteiger partial charge < -0.3 is 14.8 Å². The van der Waals surface area contributed by atoms with Crippen LogP contribution in [0.1, 0.15) is 28.5 Å². The highest BCUT2D eigenvalue weighted by atomic mass is 16.1. The standard InChI is InChI=1S/C23H28N6O2/c1-4-17-12-20-21(27(3)23(17)31)11-16(13-25-20)15-28-7-9-29(10-8-28)18-5-6-19(26-14-18)22(30)24-2/h5-6,11-14H,4,7-10,15H2,1-3H3,(H,24,30). The molecule has 4 heterocycles. The summed E-state index contributed by atoms with van der Waals surface area (Å²) in [5.74, 6) is -0.177. The maximum absolute atomic E-state index is 12.5. The zero-order chi connectivity index (χ0) is 22.0. The number of aryl methyl sites for hydroxylation is 2. The average molecular weight is 421 g/mol. The molecule has 0 spiro atoms. The highest BCUT2D eigenvalue weighted by molar-refractivity contribution is 5.92. The Morgan fingerprint density at radius 2 is 1.87 bits per heavy atom. The van der Waals surface area contributed by atoms with Crippen LogP contribution in [-0.4, -0.2) is 58.6 Å². The van der Waals surface area contributed by atoms with Crippen LogP contribution < -0.4 is 15.8 Å². The van der Waals surface area contributed by atoms with Crippen molar-refractivity contribution < 1.29 is 4.79 Å². The lowest BCUT2D eigenvalue weighted by molar-refractivity contribution is 0.0958. The number of carbonyl (C=O) groups excluding carboxylic acids is 1. The van der Waals surface area contributed by atoms with Crippen LogP contribution in [0.15, 0.2) is 41.5 Å². The summed E-state index contributed by atoms with van der Waals surface area (Å²) in [6, 6.07) is 7.70. The lowest BCUT2D eigenvalue weighted by Crippen LogP contribution is -2.46. The molecule has 162 valence electrons. The number of nitrogens with one attached hydrogen (secondary N) is 1. The minimum atomic E-state index is -0.177. The molecule has 3 aromatic heterocycles. The molecule has 0 saturated carbocycles. The van der Waals surface area contributed by atoms with Crippen molar-refractivity contribution in [2.75, 3.05) is 38.1 Å². The molecule has 1 aliphatic heterocycles. The van der Waals surface area contributed by atoms with Gasteiger partial charge in [0.25, 0.3) is 11.5 Å². The lowest BCUT2D eigenvalue weighted by atomic mass is 10.1. The van der Waals surface area contributed by atoms with Gasteiger partial charge in [0.15, 0.2) is 0 Å². The number of rotatable bonds is 5. The van der Waals surface area contributed by atoms with Gasteiger partial charge in [-0.25, -0.2) is 4.98 Å². The molecule has 8 nitrogen and oxygen atoms in total. The number of hydrogen-bond acceptors (Lipinski definition) is 6. The summed E-state index contributed by atoms with van der Waals surface area (Å²) in [5.41, 5.74) is 5.15. The Kier molecular flexibility index (Phi) is 5.99. The van der Waals surface area contributed by atoms with Crippen molar-refractivity contribution in [1.29, 1.82) is 0 Å². The molecule has 1 aliphatic rings. The number of hydrogen-bond donors (Lipinski definition) is 1. The Labute approximate surface area is 181 Å².